The summed E-state index contributed by atoms with van der Waals surface area (Å²) in [5.41, 5.74) is 0.132. The number of aromatic nitrogens is 2. The number of carbonyl (C=O) groups is 1. The maximum absolute atomic E-state index is 11.6. The van der Waals surface area contributed by atoms with Crippen LogP contribution >= 0.6 is 0 Å². The highest BCUT2D eigenvalue weighted by molar-refractivity contribution is 5.70. The molecule has 0 radical (unpaired) electrons. The summed E-state index contributed by atoms with van der Waals surface area (Å²) in [6, 6.07) is 0. The molecule has 5 heteroatoms. The second-order valence-corrected chi connectivity index (χ2v) is 4.21. The summed E-state index contributed by atoms with van der Waals surface area (Å²) in [4.78, 5) is 11.6. The lowest BCUT2D eigenvalue weighted by Gasteiger charge is -2.18. The monoisotopic (exact) mass is 212 g/mol. The number of hydrogen-bond donors (Lipinski definition) is 0. The van der Waals surface area contributed by atoms with Gasteiger partial charge in [0.2, 0.25) is 0 Å². The Bertz CT molecular complexity index is 363. The Morgan fingerprint density at radius 1 is 1.47 bits per heavy atom. The zero-order chi connectivity index (χ0) is 11.6. The highest BCUT2D eigenvalue weighted by Gasteiger charge is 2.19. The van der Waals surface area contributed by atoms with Crippen molar-refractivity contribution in [2.75, 3.05) is 7.11 Å². The maximum Gasteiger partial charge on any atom is 0.435 e. The van der Waals surface area contributed by atoms with Gasteiger partial charge in [0, 0.05) is 0 Å². The molecule has 0 aliphatic rings. The third-order valence-electron chi connectivity index (χ3n) is 1.65. The zero-order valence-corrected chi connectivity index (χ0v) is 9.70. The van der Waals surface area contributed by atoms with Crippen LogP contribution in [-0.2, 0) is 4.74 Å². The average molecular weight is 212 g/mol. The number of ether oxygens (including phenoxy) is 2. The fourth-order valence-corrected chi connectivity index (χ4v) is 1.05. The molecule has 0 aliphatic carbocycles. The SMILES string of the molecule is COc1cn(C(=O)OC(C)(C)C)nc1C. The van der Waals surface area contributed by atoms with Gasteiger partial charge >= 0.3 is 6.09 Å². The maximum atomic E-state index is 11.6. The first kappa shape index (κ1) is 11.6. The van der Waals surface area contributed by atoms with Crippen molar-refractivity contribution in [1.29, 1.82) is 0 Å². The van der Waals surface area contributed by atoms with Crippen LogP contribution in [0.25, 0.3) is 0 Å². The summed E-state index contributed by atoms with van der Waals surface area (Å²) in [5.74, 6) is 0.570. The van der Waals surface area contributed by atoms with Gasteiger partial charge in [-0.2, -0.15) is 9.78 Å². The van der Waals surface area contributed by atoms with Crippen molar-refractivity contribution < 1.29 is 14.3 Å². The van der Waals surface area contributed by atoms with Crippen LogP contribution < -0.4 is 4.74 Å². The lowest BCUT2D eigenvalue weighted by molar-refractivity contribution is 0.0513. The Balaban J connectivity index is 2.83. The quantitative estimate of drug-likeness (QED) is 0.714. The molecule has 1 heterocycles. The number of carbonyl (C=O) groups excluding carboxylic acids is 1. The van der Waals surface area contributed by atoms with Gasteiger partial charge in [0.05, 0.1) is 13.3 Å². The summed E-state index contributed by atoms with van der Waals surface area (Å²) in [7, 11) is 1.53. The van der Waals surface area contributed by atoms with E-state index in [0.717, 1.165) is 4.68 Å². The molecule has 1 aromatic heterocycles. The van der Waals surface area contributed by atoms with E-state index in [2.05, 4.69) is 5.10 Å². The molecule has 1 rings (SSSR count). The van der Waals surface area contributed by atoms with Gasteiger partial charge in [-0.15, -0.1) is 0 Å². The van der Waals surface area contributed by atoms with Crippen molar-refractivity contribution in [3.05, 3.63) is 11.9 Å². The average Bonchev–Trinajstić information content (AvgIpc) is 2.43. The minimum absolute atomic E-state index is 0.506. The van der Waals surface area contributed by atoms with Crippen LogP contribution in [0.5, 0.6) is 5.75 Å². The van der Waals surface area contributed by atoms with Crippen LogP contribution in [0.15, 0.2) is 6.20 Å². The summed E-state index contributed by atoms with van der Waals surface area (Å²) >= 11 is 0. The number of methoxy groups -OCH3 is 1. The Morgan fingerprint density at radius 3 is 2.47 bits per heavy atom. The standard InChI is InChI=1S/C10H16N2O3/c1-7-8(14-5)6-12(11-7)9(13)15-10(2,3)4/h6H,1-5H3. The van der Waals surface area contributed by atoms with Gasteiger partial charge in [-0.1, -0.05) is 0 Å². The van der Waals surface area contributed by atoms with Crippen molar-refractivity contribution in [3.8, 4) is 5.75 Å². The molecule has 0 aliphatic heterocycles. The molecule has 0 amide bonds. The molecule has 0 atom stereocenters. The Morgan fingerprint density at radius 2 is 2.07 bits per heavy atom. The molecule has 84 valence electrons. The van der Waals surface area contributed by atoms with Gasteiger partial charge in [-0.25, -0.2) is 4.79 Å². The normalized spacial score (nSPS) is 11.3. The smallest absolute Gasteiger partial charge is 0.435 e. The van der Waals surface area contributed by atoms with Crippen molar-refractivity contribution >= 4 is 6.09 Å². The van der Waals surface area contributed by atoms with Gasteiger partial charge in [-0.05, 0) is 27.7 Å². The van der Waals surface area contributed by atoms with Crippen LogP contribution in [0.2, 0.25) is 0 Å². The topological polar surface area (TPSA) is 53.4 Å². The number of nitrogens with zero attached hydrogens (tertiary/aromatic N) is 2. The van der Waals surface area contributed by atoms with E-state index in [-0.39, 0.29) is 0 Å². The van der Waals surface area contributed by atoms with Gasteiger partial charge in [-0.3, -0.25) is 0 Å². The molecule has 0 N–H and O–H groups in total. The van der Waals surface area contributed by atoms with Crippen LogP contribution in [-0.4, -0.2) is 28.6 Å². The van der Waals surface area contributed by atoms with Gasteiger partial charge in [0.15, 0.2) is 5.75 Å². The van der Waals surface area contributed by atoms with E-state index in [1.165, 1.54) is 13.3 Å². The van der Waals surface area contributed by atoms with E-state index in [0.29, 0.717) is 11.4 Å². The second kappa shape index (κ2) is 3.92. The molecule has 0 saturated heterocycles. The van der Waals surface area contributed by atoms with E-state index >= 15 is 0 Å². The second-order valence-electron chi connectivity index (χ2n) is 4.21. The summed E-state index contributed by atoms with van der Waals surface area (Å²) < 4.78 is 11.3. The fraction of sp³-hybridized carbons (Fsp3) is 0.600. The third-order valence-corrected chi connectivity index (χ3v) is 1.65. The molecule has 0 fully saturated rings. The predicted molar refractivity (Wildman–Crippen MR) is 55.1 cm³/mol. The first-order valence-corrected chi connectivity index (χ1v) is 4.67. The number of hydrogen-bond acceptors (Lipinski definition) is 4. The highest BCUT2D eigenvalue weighted by atomic mass is 16.6. The molecule has 0 bridgehead atoms. The third kappa shape index (κ3) is 2.97. The van der Waals surface area contributed by atoms with Gasteiger partial charge in [0.25, 0.3) is 0 Å². The molecule has 0 spiro atoms. The van der Waals surface area contributed by atoms with Crippen molar-refractivity contribution in [2.45, 2.75) is 33.3 Å². The summed E-state index contributed by atoms with van der Waals surface area (Å²) in [5, 5.41) is 3.98. The van der Waals surface area contributed by atoms with Crippen molar-refractivity contribution in [2.24, 2.45) is 0 Å². The summed E-state index contributed by atoms with van der Waals surface area (Å²) in [6.07, 6.45) is 0.998. The van der Waals surface area contributed by atoms with E-state index in [4.69, 9.17) is 9.47 Å². The summed E-state index contributed by atoms with van der Waals surface area (Å²) in [6.45, 7) is 7.18. The predicted octanol–water partition coefficient (Wildman–Crippen LogP) is 1.98. The minimum atomic E-state index is -0.524. The van der Waals surface area contributed by atoms with Crippen LogP contribution in [0.1, 0.15) is 26.5 Å². The number of rotatable bonds is 1. The van der Waals surface area contributed by atoms with Crippen molar-refractivity contribution in [3.63, 3.8) is 0 Å². The largest absolute Gasteiger partial charge is 0.493 e. The van der Waals surface area contributed by atoms with E-state index in [1.54, 1.807) is 27.7 Å². The molecule has 0 unspecified atom stereocenters. The van der Waals surface area contributed by atoms with E-state index in [9.17, 15) is 4.79 Å². The van der Waals surface area contributed by atoms with Gasteiger partial charge < -0.3 is 9.47 Å². The Labute approximate surface area is 89.0 Å². The number of aryl methyl sites for hydroxylation is 1. The van der Waals surface area contributed by atoms with Crippen LogP contribution in [0, 0.1) is 6.92 Å². The molecular formula is C10H16N2O3. The van der Waals surface area contributed by atoms with Crippen LogP contribution in [0.4, 0.5) is 4.79 Å². The first-order chi connectivity index (χ1) is 6.83. The molecule has 5 nitrogen and oxygen atoms in total. The zero-order valence-electron chi connectivity index (χ0n) is 9.70. The molecular weight excluding hydrogens is 196 g/mol. The minimum Gasteiger partial charge on any atom is -0.493 e. The fourth-order valence-electron chi connectivity index (χ4n) is 1.05. The van der Waals surface area contributed by atoms with Crippen molar-refractivity contribution in [1.82, 2.24) is 9.78 Å². The molecule has 1 aromatic rings. The highest BCUT2D eigenvalue weighted by Crippen LogP contribution is 2.16. The van der Waals surface area contributed by atoms with E-state index < -0.39 is 11.7 Å². The lowest BCUT2D eigenvalue weighted by atomic mass is 10.2. The molecule has 15 heavy (non-hydrogen) atoms. The lowest BCUT2D eigenvalue weighted by Crippen LogP contribution is -2.27. The Kier molecular flexibility index (Phi) is 3.02. The first-order valence-electron chi connectivity index (χ1n) is 4.67. The van der Waals surface area contributed by atoms with E-state index in [1.807, 2.05) is 0 Å². The molecule has 0 saturated carbocycles. The molecule has 0 aromatic carbocycles. The Hall–Kier alpha value is -1.52. The van der Waals surface area contributed by atoms with Gasteiger partial charge in [0.1, 0.15) is 11.3 Å². The van der Waals surface area contributed by atoms with Crippen LogP contribution in [0.3, 0.4) is 0 Å².